The summed E-state index contributed by atoms with van der Waals surface area (Å²) in [4.78, 5) is 12.1. The van der Waals surface area contributed by atoms with Crippen LogP contribution in [0.4, 0.5) is 18.9 Å². The van der Waals surface area contributed by atoms with Gasteiger partial charge in [-0.2, -0.15) is 13.2 Å². The summed E-state index contributed by atoms with van der Waals surface area (Å²) in [6.45, 7) is 0. The molecule has 2 aromatic carbocycles. The number of nitrogens with two attached hydrogens (primary N) is 1. The fourth-order valence-electron chi connectivity index (χ4n) is 1.98. The molecule has 2 rings (SSSR count). The van der Waals surface area contributed by atoms with E-state index in [1.807, 2.05) is 30.3 Å². The molecule has 1 atom stereocenters. The average molecular weight is 343 g/mol. The van der Waals surface area contributed by atoms with Gasteiger partial charge in [-0.3, -0.25) is 4.79 Å². The SMILES string of the molecule is N[C@@H](Cc1ccccc1)C(=O)Nc1cc(C(F)(F)F)ccc1Cl. The topological polar surface area (TPSA) is 55.1 Å². The Morgan fingerprint density at radius 1 is 1.17 bits per heavy atom. The zero-order valence-electron chi connectivity index (χ0n) is 11.9. The molecule has 0 aliphatic rings. The number of hydrogen-bond donors (Lipinski definition) is 2. The lowest BCUT2D eigenvalue weighted by Gasteiger charge is -2.15. The number of nitrogens with one attached hydrogen (secondary N) is 1. The second-order valence-corrected chi connectivity index (χ2v) is 5.39. The van der Waals surface area contributed by atoms with Gasteiger partial charge in [0, 0.05) is 0 Å². The lowest BCUT2D eigenvalue weighted by atomic mass is 10.1. The molecule has 0 spiro atoms. The van der Waals surface area contributed by atoms with Gasteiger partial charge in [-0.25, -0.2) is 0 Å². The number of hydrogen-bond acceptors (Lipinski definition) is 2. The summed E-state index contributed by atoms with van der Waals surface area (Å²) in [6, 6.07) is 10.9. The Morgan fingerprint density at radius 2 is 1.83 bits per heavy atom. The van der Waals surface area contributed by atoms with Gasteiger partial charge in [0.15, 0.2) is 0 Å². The first kappa shape index (κ1) is 17.3. The van der Waals surface area contributed by atoms with E-state index in [4.69, 9.17) is 17.3 Å². The highest BCUT2D eigenvalue weighted by Gasteiger charge is 2.31. The number of carbonyl (C=O) groups excluding carboxylic acids is 1. The molecule has 0 saturated carbocycles. The van der Waals surface area contributed by atoms with Crippen LogP contribution in [0.1, 0.15) is 11.1 Å². The lowest BCUT2D eigenvalue weighted by molar-refractivity contribution is -0.137. The second kappa shape index (κ2) is 7.02. The number of rotatable bonds is 4. The van der Waals surface area contributed by atoms with Gasteiger partial charge in [0.25, 0.3) is 0 Å². The third kappa shape index (κ3) is 4.71. The van der Waals surface area contributed by atoms with E-state index in [1.54, 1.807) is 0 Å². The third-order valence-electron chi connectivity index (χ3n) is 3.19. The van der Waals surface area contributed by atoms with Crippen molar-refractivity contribution in [3.8, 4) is 0 Å². The molecule has 0 radical (unpaired) electrons. The van der Waals surface area contributed by atoms with Crippen LogP contribution in [0.2, 0.25) is 5.02 Å². The van der Waals surface area contributed by atoms with Gasteiger partial charge in [-0.05, 0) is 30.2 Å². The first-order chi connectivity index (χ1) is 10.8. The maximum absolute atomic E-state index is 12.7. The molecule has 3 nitrogen and oxygen atoms in total. The van der Waals surface area contributed by atoms with Crippen LogP contribution in [0.5, 0.6) is 0 Å². The summed E-state index contributed by atoms with van der Waals surface area (Å²) in [5.74, 6) is -0.602. The van der Waals surface area contributed by atoms with E-state index in [0.29, 0.717) is 0 Å². The summed E-state index contributed by atoms with van der Waals surface area (Å²) in [5.41, 5.74) is 5.64. The van der Waals surface area contributed by atoms with E-state index < -0.39 is 23.7 Å². The first-order valence-corrected chi connectivity index (χ1v) is 7.12. The van der Waals surface area contributed by atoms with Gasteiger partial charge >= 0.3 is 6.18 Å². The molecule has 0 aliphatic carbocycles. The molecular formula is C16H14ClF3N2O. The van der Waals surface area contributed by atoms with Crippen molar-refractivity contribution in [1.82, 2.24) is 0 Å². The normalized spacial score (nSPS) is 12.7. The summed E-state index contributed by atoms with van der Waals surface area (Å²) < 4.78 is 38.1. The summed E-state index contributed by atoms with van der Waals surface area (Å²) in [7, 11) is 0. The van der Waals surface area contributed by atoms with Crippen molar-refractivity contribution in [3.63, 3.8) is 0 Å². The molecule has 122 valence electrons. The standard InChI is InChI=1S/C16H14ClF3N2O/c17-12-7-6-11(16(18,19)20)9-14(12)22-15(23)13(21)8-10-4-2-1-3-5-10/h1-7,9,13H,8,21H2,(H,22,23)/t13-/m0/s1. The molecule has 0 fully saturated rings. The summed E-state index contributed by atoms with van der Waals surface area (Å²) in [6.07, 6.45) is -4.25. The van der Waals surface area contributed by atoms with E-state index in [1.165, 1.54) is 0 Å². The fourth-order valence-corrected chi connectivity index (χ4v) is 2.15. The lowest BCUT2D eigenvalue weighted by Crippen LogP contribution is -2.37. The maximum atomic E-state index is 12.7. The minimum atomic E-state index is -4.52. The fraction of sp³-hybridized carbons (Fsp3) is 0.188. The van der Waals surface area contributed by atoms with E-state index in [-0.39, 0.29) is 17.1 Å². The van der Waals surface area contributed by atoms with Crippen LogP contribution in [0.15, 0.2) is 48.5 Å². The zero-order valence-corrected chi connectivity index (χ0v) is 12.7. The molecule has 0 bridgehead atoms. The Bertz CT molecular complexity index is 689. The van der Waals surface area contributed by atoms with Crippen LogP contribution in [-0.2, 0) is 17.4 Å². The van der Waals surface area contributed by atoms with Gasteiger partial charge in [-0.1, -0.05) is 41.9 Å². The smallest absolute Gasteiger partial charge is 0.323 e. The minimum Gasteiger partial charge on any atom is -0.323 e. The molecule has 0 heterocycles. The molecule has 2 aromatic rings. The van der Waals surface area contributed by atoms with Gasteiger partial charge in [0.1, 0.15) is 0 Å². The molecule has 0 unspecified atom stereocenters. The van der Waals surface area contributed by atoms with Crippen molar-refractivity contribution in [2.45, 2.75) is 18.6 Å². The molecular weight excluding hydrogens is 329 g/mol. The van der Waals surface area contributed by atoms with Crippen LogP contribution >= 0.6 is 11.6 Å². The highest BCUT2D eigenvalue weighted by Crippen LogP contribution is 2.33. The van der Waals surface area contributed by atoms with Crippen molar-refractivity contribution < 1.29 is 18.0 Å². The number of benzene rings is 2. The van der Waals surface area contributed by atoms with Gasteiger partial charge in [0.2, 0.25) is 5.91 Å². The summed E-state index contributed by atoms with van der Waals surface area (Å²) in [5, 5.41) is 2.36. The Kier molecular flexibility index (Phi) is 5.28. The van der Waals surface area contributed by atoms with Crippen LogP contribution in [0.25, 0.3) is 0 Å². The Labute approximate surface area is 136 Å². The van der Waals surface area contributed by atoms with E-state index in [9.17, 15) is 18.0 Å². The van der Waals surface area contributed by atoms with Gasteiger partial charge in [-0.15, -0.1) is 0 Å². The Balaban J connectivity index is 2.10. The predicted octanol–water partition coefficient (Wildman–Crippen LogP) is 3.87. The van der Waals surface area contributed by atoms with Crippen LogP contribution in [-0.4, -0.2) is 11.9 Å². The molecule has 7 heteroatoms. The number of amides is 1. The maximum Gasteiger partial charge on any atom is 0.416 e. The number of halogens is 4. The minimum absolute atomic E-state index is 0.0123. The molecule has 3 N–H and O–H groups in total. The molecule has 1 amide bonds. The number of anilines is 1. The zero-order chi connectivity index (χ0) is 17.0. The van der Waals surface area contributed by atoms with E-state index in [2.05, 4.69) is 5.32 Å². The van der Waals surface area contributed by atoms with Crippen molar-refractivity contribution in [3.05, 3.63) is 64.7 Å². The predicted molar refractivity (Wildman–Crippen MR) is 83.2 cm³/mol. The highest BCUT2D eigenvalue weighted by molar-refractivity contribution is 6.33. The highest BCUT2D eigenvalue weighted by atomic mass is 35.5. The van der Waals surface area contributed by atoms with Crippen LogP contribution in [0, 0.1) is 0 Å². The quantitative estimate of drug-likeness (QED) is 0.886. The van der Waals surface area contributed by atoms with E-state index in [0.717, 1.165) is 23.8 Å². The second-order valence-electron chi connectivity index (χ2n) is 4.98. The van der Waals surface area contributed by atoms with Crippen molar-refractivity contribution in [2.24, 2.45) is 5.73 Å². The number of alkyl halides is 3. The molecule has 0 saturated heterocycles. The average Bonchev–Trinajstić information content (AvgIpc) is 2.49. The van der Waals surface area contributed by atoms with Gasteiger partial charge in [0.05, 0.1) is 22.3 Å². The monoisotopic (exact) mass is 342 g/mol. The van der Waals surface area contributed by atoms with Crippen molar-refractivity contribution >= 4 is 23.2 Å². The first-order valence-electron chi connectivity index (χ1n) is 6.74. The summed E-state index contributed by atoms with van der Waals surface area (Å²) >= 11 is 5.83. The van der Waals surface area contributed by atoms with Crippen LogP contribution < -0.4 is 11.1 Å². The van der Waals surface area contributed by atoms with Crippen molar-refractivity contribution in [2.75, 3.05) is 5.32 Å². The van der Waals surface area contributed by atoms with Crippen LogP contribution in [0.3, 0.4) is 0 Å². The van der Waals surface area contributed by atoms with Gasteiger partial charge < -0.3 is 11.1 Å². The Hall–Kier alpha value is -2.05. The molecule has 0 aliphatic heterocycles. The van der Waals surface area contributed by atoms with E-state index >= 15 is 0 Å². The van der Waals surface area contributed by atoms with Crippen molar-refractivity contribution in [1.29, 1.82) is 0 Å². The molecule has 23 heavy (non-hydrogen) atoms. The molecule has 0 aromatic heterocycles. The largest absolute Gasteiger partial charge is 0.416 e. The number of carbonyl (C=O) groups is 1. The third-order valence-corrected chi connectivity index (χ3v) is 3.52. The Morgan fingerprint density at radius 3 is 2.43 bits per heavy atom.